The van der Waals surface area contributed by atoms with Crippen LogP contribution >= 0.6 is 0 Å². The molecule has 2 heterocycles. The summed E-state index contributed by atoms with van der Waals surface area (Å²) in [7, 11) is 3.25. The predicted octanol–water partition coefficient (Wildman–Crippen LogP) is 1.90. The van der Waals surface area contributed by atoms with Crippen LogP contribution in [0.4, 0.5) is 5.95 Å². The zero-order chi connectivity index (χ0) is 18.4. The Balaban J connectivity index is 1.73. The zero-order valence-corrected chi connectivity index (χ0v) is 14.5. The third-order valence-electron chi connectivity index (χ3n) is 3.76. The average molecular weight is 353 g/mol. The summed E-state index contributed by atoms with van der Waals surface area (Å²) in [5, 5.41) is 3.11. The largest absolute Gasteiger partial charge is 0.497 e. The number of hydrogen-bond acceptors (Lipinski definition) is 7. The molecule has 0 atom stereocenters. The van der Waals surface area contributed by atoms with Crippen molar-refractivity contribution < 1.29 is 9.47 Å². The van der Waals surface area contributed by atoms with Gasteiger partial charge < -0.3 is 14.8 Å². The van der Waals surface area contributed by atoms with Crippen LogP contribution in [0.15, 0.2) is 47.5 Å². The first-order valence-corrected chi connectivity index (χ1v) is 8.03. The minimum atomic E-state index is -0.465. The van der Waals surface area contributed by atoms with Gasteiger partial charge in [0.2, 0.25) is 5.95 Å². The third-order valence-corrected chi connectivity index (χ3v) is 3.76. The number of hydrogen-bond donors (Lipinski definition) is 2. The van der Waals surface area contributed by atoms with E-state index in [0.29, 0.717) is 24.7 Å². The zero-order valence-electron chi connectivity index (χ0n) is 14.5. The van der Waals surface area contributed by atoms with Crippen molar-refractivity contribution in [3.05, 3.63) is 58.8 Å². The molecule has 0 aliphatic carbocycles. The molecule has 8 heteroatoms. The molecule has 0 saturated carbocycles. The first kappa shape index (κ1) is 17.4. The summed E-state index contributed by atoms with van der Waals surface area (Å²) in [5.74, 6) is 2.24. The maximum atomic E-state index is 11.8. The summed E-state index contributed by atoms with van der Waals surface area (Å²) >= 11 is 0. The number of H-pyrrole nitrogens is 1. The summed E-state index contributed by atoms with van der Waals surface area (Å²) < 4.78 is 10.6. The van der Waals surface area contributed by atoms with E-state index in [-0.39, 0.29) is 0 Å². The fraction of sp³-hybridized carbons (Fsp3) is 0.222. The van der Waals surface area contributed by atoms with Crippen molar-refractivity contribution in [3.8, 4) is 22.9 Å². The van der Waals surface area contributed by atoms with Crippen molar-refractivity contribution in [2.45, 2.75) is 6.42 Å². The van der Waals surface area contributed by atoms with Crippen LogP contribution < -0.4 is 20.5 Å². The molecule has 0 fully saturated rings. The molecule has 0 radical (unpaired) electrons. The van der Waals surface area contributed by atoms with Crippen molar-refractivity contribution in [3.63, 3.8) is 0 Å². The molecule has 0 aliphatic heterocycles. The van der Waals surface area contributed by atoms with Crippen LogP contribution in [0, 0.1) is 0 Å². The molecule has 0 saturated heterocycles. The fourth-order valence-corrected chi connectivity index (χ4v) is 2.49. The number of ether oxygens (including phenoxy) is 2. The summed E-state index contributed by atoms with van der Waals surface area (Å²) in [6.07, 6.45) is 3.92. The van der Waals surface area contributed by atoms with Gasteiger partial charge in [-0.3, -0.25) is 9.97 Å². The highest BCUT2D eigenvalue weighted by atomic mass is 16.5. The highest BCUT2D eigenvalue weighted by Gasteiger charge is 2.07. The molecular weight excluding hydrogens is 334 g/mol. The normalized spacial score (nSPS) is 10.4. The minimum Gasteiger partial charge on any atom is -0.497 e. The van der Waals surface area contributed by atoms with E-state index in [9.17, 15) is 4.79 Å². The number of nitrogens with zero attached hydrogens (tertiary/aromatic N) is 3. The Kier molecular flexibility index (Phi) is 5.43. The molecule has 1 aromatic carbocycles. The fourth-order valence-electron chi connectivity index (χ4n) is 2.49. The van der Waals surface area contributed by atoms with Gasteiger partial charge in [0, 0.05) is 24.5 Å². The molecule has 0 amide bonds. The van der Waals surface area contributed by atoms with Crippen LogP contribution in [-0.4, -0.2) is 40.7 Å². The Morgan fingerprint density at radius 1 is 1.08 bits per heavy atom. The number of aromatic amines is 1. The Bertz CT molecular complexity index is 928. The molecule has 8 nitrogen and oxygen atoms in total. The first-order chi connectivity index (χ1) is 12.7. The lowest BCUT2D eigenvalue weighted by atomic mass is 10.1. The van der Waals surface area contributed by atoms with E-state index in [1.165, 1.54) is 0 Å². The second-order valence-corrected chi connectivity index (χ2v) is 5.42. The molecule has 3 rings (SSSR count). The Labute approximate surface area is 150 Å². The van der Waals surface area contributed by atoms with Crippen LogP contribution in [0.2, 0.25) is 0 Å². The second-order valence-electron chi connectivity index (χ2n) is 5.42. The lowest BCUT2D eigenvalue weighted by Gasteiger charge is -2.11. The monoisotopic (exact) mass is 353 g/mol. The van der Waals surface area contributed by atoms with Gasteiger partial charge in [-0.1, -0.05) is 0 Å². The van der Waals surface area contributed by atoms with E-state index in [1.54, 1.807) is 38.7 Å². The third kappa shape index (κ3) is 4.15. The van der Waals surface area contributed by atoms with Crippen LogP contribution in [0.25, 0.3) is 11.4 Å². The maximum Gasteiger partial charge on any atom is 0.349 e. The molecule has 3 aromatic rings. The van der Waals surface area contributed by atoms with E-state index in [4.69, 9.17) is 9.47 Å². The number of rotatable bonds is 7. The summed E-state index contributed by atoms with van der Waals surface area (Å²) in [6, 6.07) is 9.13. The van der Waals surface area contributed by atoms with Crippen LogP contribution in [0.3, 0.4) is 0 Å². The average Bonchev–Trinajstić information content (AvgIpc) is 2.68. The SMILES string of the molecule is COc1ccc(OC)c(CCNc2nc(-c3ccncc3)nc(=O)[nH]2)c1. The van der Waals surface area contributed by atoms with Gasteiger partial charge in [0.05, 0.1) is 14.2 Å². The standard InChI is InChI=1S/C18H19N5O3/c1-25-14-3-4-15(26-2)13(11-14)7-10-20-17-21-16(22-18(24)23-17)12-5-8-19-9-6-12/h3-6,8-9,11H,7,10H2,1-2H3,(H2,20,21,22,23,24). The van der Waals surface area contributed by atoms with Crippen LogP contribution in [-0.2, 0) is 6.42 Å². The predicted molar refractivity (Wildman–Crippen MR) is 97.6 cm³/mol. The van der Waals surface area contributed by atoms with E-state index >= 15 is 0 Å². The van der Waals surface area contributed by atoms with Crippen LogP contribution in [0.1, 0.15) is 5.56 Å². The number of nitrogens with one attached hydrogen (secondary N) is 2. The quantitative estimate of drug-likeness (QED) is 0.669. The summed E-state index contributed by atoms with van der Waals surface area (Å²) in [6.45, 7) is 0.548. The van der Waals surface area contributed by atoms with Crippen molar-refractivity contribution >= 4 is 5.95 Å². The van der Waals surface area contributed by atoms with Gasteiger partial charge in [-0.05, 0) is 42.3 Å². The van der Waals surface area contributed by atoms with Crippen molar-refractivity contribution in [2.24, 2.45) is 0 Å². The Morgan fingerprint density at radius 3 is 2.62 bits per heavy atom. The van der Waals surface area contributed by atoms with Gasteiger partial charge in [-0.25, -0.2) is 4.79 Å². The van der Waals surface area contributed by atoms with Gasteiger partial charge in [0.1, 0.15) is 11.5 Å². The second kappa shape index (κ2) is 8.11. The Hall–Kier alpha value is -3.42. The van der Waals surface area contributed by atoms with Gasteiger partial charge >= 0.3 is 5.69 Å². The van der Waals surface area contributed by atoms with Crippen molar-refractivity contribution in [2.75, 3.05) is 26.1 Å². The van der Waals surface area contributed by atoms with Gasteiger partial charge in [-0.2, -0.15) is 9.97 Å². The number of methoxy groups -OCH3 is 2. The number of pyridine rings is 1. The lowest BCUT2D eigenvalue weighted by molar-refractivity contribution is 0.399. The highest BCUT2D eigenvalue weighted by Crippen LogP contribution is 2.24. The van der Waals surface area contributed by atoms with E-state index in [2.05, 4.69) is 25.3 Å². The van der Waals surface area contributed by atoms with Crippen molar-refractivity contribution in [1.29, 1.82) is 0 Å². The Morgan fingerprint density at radius 2 is 1.88 bits per heavy atom. The topological polar surface area (TPSA) is 102 Å². The highest BCUT2D eigenvalue weighted by molar-refractivity contribution is 5.54. The first-order valence-electron chi connectivity index (χ1n) is 8.03. The number of anilines is 1. The van der Waals surface area contributed by atoms with Gasteiger partial charge in [-0.15, -0.1) is 0 Å². The maximum absolute atomic E-state index is 11.8. The summed E-state index contributed by atoms with van der Waals surface area (Å²) in [5.41, 5.74) is 1.25. The molecule has 0 spiro atoms. The molecule has 0 aliphatic rings. The molecule has 2 N–H and O–H groups in total. The van der Waals surface area contributed by atoms with E-state index in [0.717, 1.165) is 22.6 Å². The molecule has 2 aromatic heterocycles. The molecule has 0 unspecified atom stereocenters. The minimum absolute atomic E-state index is 0.345. The lowest BCUT2D eigenvalue weighted by Crippen LogP contribution is -2.18. The molecule has 0 bridgehead atoms. The van der Waals surface area contributed by atoms with Crippen molar-refractivity contribution in [1.82, 2.24) is 19.9 Å². The molecule has 26 heavy (non-hydrogen) atoms. The van der Waals surface area contributed by atoms with E-state index < -0.39 is 5.69 Å². The van der Waals surface area contributed by atoms with Crippen LogP contribution in [0.5, 0.6) is 11.5 Å². The molecular formula is C18H19N5O3. The van der Waals surface area contributed by atoms with Gasteiger partial charge in [0.25, 0.3) is 0 Å². The number of benzene rings is 1. The summed E-state index contributed by atoms with van der Waals surface area (Å²) in [4.78, 5) is 26.6. The van der Waals surface area contributed by atoms with E-state index in [1.807, 2.05) is 18.2 Å². The smallest absolute Gasteiger partial charge is 0.349 e. The molecule has 134 valence electrons. The van der Waals surface area contributed by atoms with Gasteiger partial charge in [0.15, 0.2) is 5.82 Å². The number of aromatic nitrogens is 4.